The molecule has 0 aliphatic carbocycles. The molecule has 140 valence electrons. The van der Waals surface area contributed by atoms with Crippen LogP contribution >= 0.6 is 11.8 Å². The number of thioether (sulfide) groups is 1. The van der Waals surface area contributed by atoms with Gasteiger partial charge in [-0.1, -0.05) is 29.5 Å². The third-order valence-electron chi connectivity index (χ3n) is 4.85. The van der Waals surface area contributed by atoms with Gasteiger partial charge in [0, 0.05) is 30.6 Å². The summed E-state index contributed by atoms with van der Waals surface area (Å²) in [6, 6.07) is 8.11. The highest BCUT2D eigenvalue weighted by molar-refractivity contribution is 8.14. The van der Waals surface area contributed by atoms with E-state index in [1.807, 2.05) is 23.2 Å². The van der Waals surface area contributed by atoms with Crippen molar-refractivity contribution in [2.24, 2.45) is 10.1 Å². The van der Waals surface area contributed by atoms with Crippen LogP contribution in [0.3, 0.4) is 0 Å². The Morgan fingerprint density at radius 2 is 2.04 bits per heavy atom. The number of carbonyl (C=O) groups is 1. The van der Waals surface area contributed by atoms with E-state index < -0.39 is 0 Å². The minimum atomic E-state index is 0.0767. The number of aromatic amines is 1. The molecule has 1 aromatic heterocycles. The van der Waals surface area contributed by atoms with E-state index in [9.17, 15) is 4.79 Å². The standard InChI is InChI=1S/C20H23N5OS/c1-13-5-6-16(14(2)9-13)22-20-24-23-18(12-27-20)15-10-17(21-11-15)19(26)25-7-3-4-8-25/h5-6,9-11,21H,3-4,7-8,12H2,1-2H3,(H,22,24). The zero-order chi connectivity index (χ0) is 18.8. The van der Waals surface area contributed by atoms with Gasteiger partial charge in [0.2, 0.25) is 0 Å². The summed E-state index contributed by atoms with van der Waals surface area (Å²) in [5, 5.41) is 5.25. The molecular weight excluding hydrogens is 358 g/mol. The van der Waals surface area contributed by atoms with Gasteiger partial charge in [-0.05, 0) is 44.4 Å². The Morgan fingerprint density at radius 3 is 2.74 bits per heavy atom. The number of H-pyrrole nitrogens is 1. The second kappa shape index (κ2) is 7.60. The van der Waals surface area contributed by atoms with Crippen LogP contribution in [0.25, 0.3) is 0 Å². The summed E-state index contributed by atoms with van der Waals surface area (Å²) in [5.74, 6) is 0.791. The highest BCUT2D eigenvalue weighted by Crippen LogP contribution is 2.23. The number of hydrazone groups is 1. The zero-order valence-electron chi connectivity index (χ0n) is 15.6. The third-order valence-corrected chi connectivity index (χ3v) is 5.72. The second-order valence-electron chi connectivity index (χ2n) is 6.97. The summed E-state index contributed by atoms with van der Waals surface area (Å²) in [6.07, 6.45) is 4.04. The Kier molecular flexibility index (Phi) is 5.03. The fraction of sp³-hybridized carbons (Fsp3) is 0.350. The van der Waals surface area contributed by atoms with Crippen molar-refractivity contribution in [3.8, 4) is 0 Å². The third kappa shape index (κ3) is 3.93. The van der Waals surface area contributed by atoms with Crippen LogP contribution in [0.5, 0.6) is 0 Å². The van der Waals surface area contributed by atoms with Gasteiger partial charge >= 0.3 is 0 Å². The van der Waals surface area contributed by atoms with Gasteiger partial charge in [-0.15, -0.1) is 0 Å². The van der Waals surface area contributed by atoms with Crippen LogP contribution in [0, 0.1) is 13.8 Å². The molecule has 2 aromatic rings. The number of amides is 1. The Balaban J connectivity index is 1.46. The quantitative estimate of drug-likeness (QED) is 0.853. The first kappa shape index (κ1) is 17.9. The molecule has 2 N–H and O–H groups in total. The van der Waals surface area contributed by atoms with Crippen molar-refractivity contribution < 1.29 is 4.79 Å². The van der Waals surface area contributed by atoms with Crippen molar-refractivity contribution in [2.45, 2.75) is 26.7 Å². The van der Waals surface area contributed by atoms with Crippen molar-refractivity contribution in [1.29, 1.82) is 0 Å². The Bertz CT molecular complexity index is 924. The van der Waals surface area contributed by atoms with Crippen molar-refractivity contribution in [2.75, 3.05) is 18.8 Å². The summed E-state index contributed by atoms with van der Waals surface area (Å²) in [7, 11) is 0. The molecule has 0 bridgehead atoms. The lowest BCUT2D eigenvalue weighted by Gasteiger charge is -2.14. The molecule has 3 heterocycles. The average molecular weight is 382 g/mol. The molecule has 4 rings (SSSR count). The van der Waals surface area contributed by atoms with Crippen LogP contribution in [0.15, 0.2) is 40.6 Å². The molecule has 2 aliphatic heterocycles. The molecule has 2 aliphatic rings. The van der Waals surface area contributed by atoms with E-state index in [2.05, 4.69) is 46.5 Å². The number of likely N-dealkylation sites (tertiary alicyclic amines) is 1. The van der Waals surface area contributed by atoms with Crippen LogP contribution in [0.4, 0.5) is 5.69 Å². The molecular formula is C20H23N5OS. The van der Waals surface area contributed by atoms with E-state index in [1.165, 1.54) is 5.56 Å². The summed E-state index contributed by atoms with van der Waals surface area (Å²) >= 11 is 1.62. The number of aromatic nitrogens is 1. The molecule has 1 saturated heterocycles. The smallest absolute Gasteiger partial charge is 0.270 e. The van der Waals surface area contributed by atoms with Crippen LogP contribution < -0.4 is 5.43 Å². The van der Waals surface area contributed by atoms with Crippen LogP contribution in [0.2, 0.25) is 0 Å². The summed E-state index contributed by atoms with van der Waals surface area (Å²) in [5.41, 5.74) is 8.87. The van der Waals surface area contributed by atoms with Gasteiger partial charge in [-0.2, -0.15) is 5.10 Å². The van der Waals surface area contributed by atoms with E-state index in [-0.39, 0.29) is 5.91 Å². The molecule has 1 fully saturated rings. The fourth-order valence-electron chi connectivity index (χ4n) is 3.34. The maximum Gasteiger partial charge on any atom is 0.270 e. The van der Waals surface area contributed by atoms with Crippen molar-refractivity contribution in [1.82, 2.24) is 15.3 Å². The van der Waals surface area contributed by atoms with Gasteiger partial charge in [0.1, 0.15) is 5.69 Å². The number of rotatable bonds is 3. The maximum atomic E-state index is 12.5. The Hall–Kier alpha value is -2.54. The largest absolute Gasteiger partial charge is 0.357 e. The molecule has 0 radical (unpaired) electrons. The van der Waals surface area contributed by atoms with Crippen LogP contribution in [-0.2, 0) is 0 Å². The number of benzene rings is 1. The molecule has 0 atom stereocenters. The van der Waals surface area contributed by atoms with Crippen molar-refractivity contribution in [3.63, 3.8) is 0 Å². The highest BCUT2D eigenvalue weighted by atomic mass is 32.2. The number of amidine groups is 1. The van der Waals surface area contributed by atoms with Crippen LogP contribution in [-0.4, -0.2) is 45.5 Å². The summed E-state index contributed by atoms with van der Waals surface area (Å²) in [4.78, 5) is 22.1. The molecule has 7 heteroatoms. The summed E-state index contributed by atoms with van der Waals surface area (Å²) in [6.45, 7) is 5.84. The number of nitrogens with one attached hydrogen (secondary N) is 2. The van der Waals surface area contributed by atoms with Gasteiger partial charge in [0.25, 0.3) is 5.91 Å². The minimum Gasteiger partial charge on any atom is -0.357 e. The van der Waals surface area contributed by atoms with E-state index in [4.69, 9.17) is 0 Å². The molecule has 6 nitrogen and oxygen atoms in total. The molecule has 0 unspecified atom stereocenters. The number of hydrogen-bond acceptors (Lipinski definition) is 4. The van der Waals surface area contributed by atoms with Gasteiger partial charge in [-0.3, -0.25) is 10.2 Å². The number of carbonyl (C=O) groups excluding carboxylic acids is 1. The molecule has 27 heavy (non-hydrogen) atoms. The average Bonchev–Trinajstić information content (AvgIpc) is 3.36. The van der Waals surface area contributed by atoms with Gasteiger partial charge in [-0.25, -0.2) is 4.99 Å². The van der Waals surface area contributed by atoms with Gasteiger partial charge in [0.15, 0.2) is 5.17 Å². The first-order valence-electron chi connectivity index (χ1n) is 9.19. The van der Waals surface area contributed by atoms with E-state index in [0.29, 0.717) is 11.4 Å². The molecule has 1 aromatic carbocycles. The Labute approximate surface area is 163 Å². The zero-order valence-corrected chi connectivity index (χ0v) is 16.4. The van der Waals surface area contributed by atoms with E-state index in [1.54, 1.807) is 11.8 Å². The minimum absolute atomic E-state index is 0.0767. The summed E-state index contributed by atoms with van der Waals surface area (Å²) < 4.78 is 0. The predicted octanol–water partition coefficient (Wildman–Crippen LogP) is 3.60. The number of aliphatic imine (C=N–C) groups is 1. The predicted molar refractivity (Wildman–Crippen MR) is 111 cm³/mol. The lowest BCUT2D eigenvalue weighted by Crippen LogP contribution is -2.27. The van der Waals surface area contributed by atoms with E-state index >= 15 is 0 Å². The van der Waals surface area contributed by atoms with Crippen molar-refractivity contribution in [3.05, 3.63) is 52.8 Å². The normalized spacial score (nSPS) is 18.5. The molecule has 0 saturated carbocycles. The highest BCUT2D eigenvalue weighted by Gasteiger charge is 2.22. The Morgan fingerprint density at radius 1 is 1.22 bits per heavy atom. The van der Waals surface area contributed by atoms with Gasteiger partial charge in [0.05, 0.1) is 11.4 Å². The maximum absolute atomic E-state index is 12.5. The lowest BCUT2D eigenvalue weighted by molar-refractivity contribution is 0.0787. The van der Waals surface area contributed by atoms with Crippen LogP contribution in [0.1, 0.15) is 40.0 Å². The second-order valence-corrected chi connectivity index (χ2v) is 7.93. The monoisotopic (exact) mass is 381 g/mol. The molecule has 0 spiro atoms. The molecule has 1 amide bonds. The first-order valence-corrected chi connectivity index (χ1v) is 10.2. The number of aryl methyl sites for hydroxylation is 2. The van der Waals surface area contributed by atoms with E-state index in [0.717, 1.165) is 53.6 Å². The fourth-order valence-corrected chi connectivity index (χ4v) is 4.11. The number of hydrogen-bond donors (Lipinski definition) is 2. The topological polar surface area (TPSA) is 72.8 Å². The lowest BCUT2D eigenvalue weighted by atomic mass is 10.1. The van der Waals surface area contributed by atoms with Crippen molar-refractivity contribution >= 4 is 34.2 Å². The number of nitrogens with zero attached hydrogens (tertiary/aromatic N) is 3. The van der Waals surface area contributed by atoms with Gasteiger partial charge < -0.3 is 9.88 Å². The SMILES string of the molecule is Cc1ccc(N=C2NN=C(c3c[nH]c(C(=O)N4CCCC4)c3)CS2)c(C)c1. The first-order chi connectivity index (χ1) is 13.1.